The Morgan fingerprint density at radius 3 is 2.44 bits per heavy atom. The normalized spacial score (nSPS) is 16.1. The van der Waals surface area contributed by atoms with Gasteiger partial charge in [-0.3, -0.25) is 0 Å². The first-order chi connectivity index (χ1) is 12.0. The van der Waals surface area contributed by atoms with Gasteiger partial charge in [-0.25, -0.2) is 4.39 Å². The van der Waals surface area contributed by atoms with Crippen LogP contribution < -0.4 is 5.32 Å². The maximum atomic E-state index is 14.6. The van der Waals surface area contributed by atoms with E-state index in [0.717, 1.165) is 49.8 Å². The van der Waals surface area contributed by atoms with E-state index in [9.17, 15) is 9.50 Å². The second-order valence-electron chi connectivity index (χ2n) is 6.61. The first-order valence-corrected chi connectivity index (χ1v) is 10.3. The van der Waals surface area contributed by atoms with Crippen molar-refractivity contribution in [1.29, 1.82) is 0 Å². The van der Waals surface area contributed by atoms with E-state index in [-0.39, 0.29) is 11.6 Å². The third-order valence-electron chi connectivity index (χ3n) is 4.50. The molecule has 2 rings (SSSR count). The maximum Gasteiger partial charge on any atom is 0.133 e. The number of halogens is 1. The molecule has 0 aliphatic heterocycles. The lowest BCUT2D eigenvalue weighted by Crippen LogP contribution is -2.32. The van der Waals surface area contributed by atoms with Gasteiger partial charge in [0.25, 0.3) is 0 Å². The molecule has 0 amide bonds. The van der Waals surface area contributed by atoms with Crippen LogP contribution in [0.15, 0.2) is 6.07 Å². The zero-order valence-corrected chi connectivity index (χ0v) is 17.5. The molecule has 3 heteroatoms. The van der Waals surface area contributed by atoms with Gasteiger partial charge in [-0.05, 0) is 68.2 Å². The number of phenolic OH excluding ortho intramolecular Hbond substituents is 1. The highest BCUT2D eigenvalue weighted by Crippen LogP contribution is 2.31. The minimum atomic E-state index is -0.176. The Kier molecular flexibility index (Phi) is 12.6. The molecular formula is C22H40FNO. The summed E-state index contributed by atoms with van der Waals surface area (Å²) in [6.45, 7) is 15.3. The summed E-state index contributed by atoms with van der Waals surface area (Å²) in [5.74, 6) is 0.640. The monoisotopic (exact) mass is 353 g/mol. The number of benzene rings is 1. The number of fused-ring (bicyclic) bond motifs is 1. The summed E-state index contributed by atoms with van der Waals surface area (Å²) in [6, 6.07) is 2.14. The summed E-state index contributed by atoms with van der Waals surface area (Å²) < 4.78 is 14.6. The molecule has 0 spiro atoms. The van der Waals surface area contributed by atoms with E-state index in [1.165, 1.54) is 0 Å². The highest BCUT2D eigenvalue weighted by atomic mass is 19.1. The summed E-state index contributed by atoms with van der Waals surface area (Å²) >= 11 is 0. The number of phenols is 1. The lowest BCUT2D eigenvalue weighted by atomic mass is 9.96. The second kappa shape index (κ2) is 13.2. The summed E-state index contributed by atoms with van der Waals surface area (Å²) in [6.07, 6.45) is 5.43. The van der Waals surface area contributed by atoms with E-state index in [1.54, 1.807) is 6.07 Å². The molecule has 0 radical (unpaired) electrons. The fraction of sp³-hybridized carbons (Fsp3) is 0.727. The average Bonchev–Trinajstić information content (AvgIpc) is 2.81. The van der Waals surface area contributed by atoms with Crippen LogP contribution in [0.5, 0.6) is 5.75 Å². The smallest absolute Gasteiger partial charge is 0.133 e. The van der Waals surface area contributed by atoms with Crippen LogP contribution in [0.4, 0.5) is 4.39 Å². The van der Waals surface area contributed by atoms with Crippen LogP contribution in [-0.2, 0) is 19.3 Å². The molecule has 0 fully saturated rings. The third-order valence-corrected chi connectivity index (χ3v) is 4.50. The zero-order chi connectivity index (χ0) is 19.4. The summed E-state index contributed by atoms with van der Waals surface area (Å²) in [7, 11) is 0. The van der Waals surface area contributed by atoms with Crippen LogP contribution in [0.1, 0.15) is 84.4 Å². The van der Waals surface area contributed by atoms with Crippen LogP contribution in [0.3, 0.4) is 0 Å². The zero-order valence-electron chi connectivity index (χ0n) is 17.5. The molecule has 0 bridgehead atoms. The molecule has 0 saturated carbocycles. The lowest BCUT2D eigenvalue weighted by Gasteiger charge is -2.19. The van der Waals surface area contributed by atoms with Crippen LogP contribution in [-0.4, -0.2) is 17.7 Å². The molecule has 1 aliphatic rings. The molecule has 2 nitrogen and oxygen atoms in total. The standard InChI is InChI=1S/C18H28FNO.2C2H6/c1-4-15-17(21)10-13-6-5-7-14(11-16(13)18(15)19)20-9-8-12(2)3;2*1-2/h10,12,14,20-21H,4-9,11H2,1-3H3;2*1-2H3. The van der Waals surface area contributed by atoms with Gasteiger partial charge in [0.1, 0.15) is 11.6 Å². The van der Waals surface area contributed by atoms with Crippen molar-refractivity contribution in [1.82, 2.24) is 5.32 Å². The van der Waals surface area contributed by atoms with E-state index in [0.29, 0.717) is 23.9 Å². The fourth-order valence-corrected chi connectivity index (χ4v) is 3.19. The Morgan fingerprint density at radius 1 is 1.24 bits per heavy atom. The van der Waals surface area contributed by atoms with Gasteiger partial charge in [-0.2, -0.15) is 0 Å². The largest absolute Gasteiger partial charge is 0.508 e. The molecule has 1 aromatic carbocycles. The van der Waals surface area contributed by atoms with Gasteiger partial charge in [-0.1, -0.05) is 48.5 Å². The van der Waals surface area contributed by atoms with Crippen molar-refractivity contribution in [3.63, 3.8) is 0 Å². The van der Waals surface area contributed by atoms with Crippen molar-refractivity contribution < 1.29 is 9.50 Å². The maximum absolute atomic E-state index is 14.6. The summed E-state index contributed by atoms with van der Waals surface area (Å²) in [5, 5.41) is 13.5. The predicted molar refractivity (Wildman–Crippen MR) is 108 cm³/mol. The number of hydrogen-bond donors (Lipinski definition) is 2. The van der Waals surface area contributed by atoms with Crippen molar-refractivity contribution in [2.24, 2.45) is 5.92 Å². The summed E-state index contributed by atoms with van der Waals surface area (Å²) in [4.78, 5) is 0. The van der Waals surface area contributed by atoms with E-state index < -0.39 is 0 Å². The molecule has 25 heavy (non-hydrogen) atoms. The molecule has 1 atom stereocenters. The van der Waals surface area contributed by atoms with Gasteiger partial charge >= 0.3 is 0 Å². The van der Waals surface area contributed by atoms with Crippen LogP contribution in [0.2, 0.25) is 0 Å². The Morgan fingerprint density at radius 2 is 1.88 bits per heavy atom. The van der Waals surface area contributed by atoms with Crippen molar-refractivity contribution in [2.75, 3.05) is 6.54 Å². The Bertz CT molecular complexity index is 485. The van der Waals surface area contributed by atoms with Gasteiger partial charge in [0.2, 0.25) is 0 Å². The molecule has 1 unspecified atom stereocenters. The Labute approximate surface area is 155 Å². The minimum Gasteiger partial charge on any atom is -0.508 e. The van der Waals surface area contributed by atoms with E-state index >= 15 is 0 Å². The molecule has 146 valence electrons. The van der Waals surface area contributed by atoms with Crippen molar-refractivity contribution in [3.05, 3.63) is 28.6 Å². The topological polar surface area (TPSA) is 32.3 Å². The molecule has 0 saturated heterocycles. The highest BCUT2D eigenvalue weighted by Gasteiger charge is 2.22. The SMILES string of the molecule is CC.CC.CCc1c(O)cc2c(c1F)CC(NCCC(C)C)CCC2. The molecule has 0 aromatic heterocycles. The number of rotatable bonds is 5. The molecule has 1 aromatic rings. The first-order valence-electron chi connectivity index (χ1n) is 10.3. The van der Waals surface area contributed by atoms with Gasteiger partial charge in [0.05, 0.1) is 0 Å². The van der Waals surface area contributed by atoms with Crippen molar-refractivity contribution in [2.45, 2.75) is 93.0 Å². The van der Waals surface area contributed by atoms with Gasteiger partial charge in [-0.15, -0.1) is 0 Å². The predicted octanol–water partition coefficient (Wildman–Crippen LogP) is 6.03. The number of aryl methyl sites for hydroxylation is 1. The van der Waals surface area contributed by atoms with Crippen LogP contribution in [0.25, 0.3) is 0 Å². The Hall–Kier alpha value is -1.09. The average molecular weight is 354 g/mol. The van der Waals surface area contributed by atoms with E-state index in [1.807, 2.05) is 34.6 Å². The first kappa shape index (κ1) is 23.9. The molecule has 0 heterocycles. The molecule has 1 aliphatic carbocycles. The number of aromatic hydroxyl groups is 1. The number of hydrogen-bond acceptors (Lipinski definition) is 2. The van der Waals surface area contributed by atoms with E-state index in [4.69, 9.17) is 0 Å². The van der Waals surface area contributed by atoms with Crippen molar-refractivity contribution in [3.8, 4) is 5.75 Å². The van der Waals surface area contributed by atoms with Gasteiger partial charge < -0.3 is 10.4 Å². The lowest BCUT2D eigenvalue weighted by molar-refractivity contribution is 0.437. The Balaban J connectivity index is 0.00000134. The fourth-order valence-electron chi connectivity index (χ4n) is 3.19. The van der Waals surface area contributed by atoms with Crippen LogP contribution in [0, 0.1) is 11.7 Å². The third kappa shape index (κ3) is 7.35. The molecule has 2 N–H and O–H groups in total. The molecular weight excluding hydrogens is 313 g/mol. The van der Waals surface area contributed by atoms with Gasteiger partial charge in [0.15, 0.2) is 0 Å². The minimum absolute atomic E-state index is 0.125. The second-order valence-corrected chi connectivity index (χ2v) is 6.61. The van der Waals surface area contributed by atoms with Crippen molar-refractivity contribution >= 4 is 0 Å². The van der Waals surface area contributed by atoms with Crippen LogP contribution >= 0.6 is 0 Å². The van der Waals surface area contributed by atoms with Gasteiger partial charge in [0, 0.05) is 11.6 Å². The quantitative estimate of drug-likeness (QED) is 0.633. The number of nitrogens with one attached hydrogen (secondary N) is 1. The highest BCUT2D eigenvalue weighted by molar-refractivity contribution is 5.44. The van der Waals surface area contributed by atoms with E-state index in [2.05, 4.69) is 19.2 Å². The summed E-state index contributed by atoms with van der Waals surface area (Å²) in [5.41, 5.74) is 2.29.